The van der Waals surface area contributed by atoms with Crippen LogP contribution in [0.25, 0.3) is 16.9 Å². The first kappa shape index (κ1) is 16.2. The van der Waals surface area contributed by atoms with Gasteiger partial charge >= 0.3 is 6.03 Å². The Morgan fingerprint density at radius 2 is 2.00 bits per heavy atom. The van der Waals surface area contributed by atoms with Crippen LogP contribution >= 0.6 is 0 Å². The van der Waals surface area contributed by atoms with Gasteiger partial charge in [0.05, 0.1) is 11.7 Å². The molecule has 2 aliphatic rings. The Bertz CT molecular complexity index is 1020. The van der Waals surface area contributed by atoms with Crippen molar-refractivity contribution in [2.45, 2.75) is 45.2 Å². The number of carbonyl (C=O) groups excluding carboxylic acids is 1. The summed E-state index contributed by atoms with van der Waals surface area (Å²) in [4.78, 5) is 23.6. The highest BCUT2D eigenvalue weighted by Crippen LogP contribution is 2.41. The highest BCUT2D eigenvalue weighted by molar-refractivity contribution is 5.90. The number of amides is 2. The fourth-order valence-electron chi connectivity index (χ4n) is 4.44. The number of piperidine rings is 1. The number of pyridine rings is 1. The molecule has 0 aliphatic carbocycles. The maximum atomic E-state index is 12.7. The lowest BCUT2D eigenvalue weighted by molar-refractivity contribution is -0.00603. The van der Waals surface area contributed by atoms with Gasteiger partial charge < -0.3 is 4.90 Å². The van der Waals surface area contributed by atoms with Crippen LogP contribution in [-0.4, -0.2) is 42.6 Å². The number of aryl methyl sites for hydroxylation is 1. The molecule has 5 heterocycles. The van der Waals surface area contributed by atoms with E-state index in [-0.39, 0.29) is 6.03 Å². The van der Waals surface area contributed by atoms with E-state index in [2.05, 4.69) is 27.3 Å². The Hall–Kier alpha value is -2.96. The van der Waals surface area contributed by atoms with Crippen molar-refractivity contribution < 1.29 is 4.79 Å². The first-order valence-corrected chi connectivity index (χ1v) is 9.45. The molecule has 2 saturated heterocycles. The van der Waals surface area contributed by atoms with Crippen LogP contribution in [-0.2, 0) is 0 Å². The summed E-state index contributed by atoms with van der Waals surface area (Å²) in [6.07, 6.45) is 8.77. The van der Waals surface area contributed by atoms with Crippen LogP contribution in [0.4, 0.5) is 10.6 Å². The second-order valence-corrected chi connectivity index (χ2v) is 7.80. The van der Waals surface area contributed by atoms with Crippen molar-refractivity contribution in [1.29, 1.82) is 0 Å². The second kappa shape index (κ2) is 6.04. The fourth-order valence-corrected chi connectivity index (χ4v) is 4.44. The summed E-state index contributed by atoms with van der Waals surface area (Å²) in [5.74, 6) is 1.86. The summed E-state index contributed by atoms with van der Waals surface area (Å²) in [5.41, 5.74) is 2.78. The molecule has 2 amide bonds. The van der Waals surface area contributed by atoms with Gasteiger partial charge in [0, 0.05) is 30.0 Å². The smallest absolute Gasteiger partial charge is 0.318 e. The molecule has 2 aliphatic heterocycles. The Morgan fingerprint density at radius 3 is 2.81 bits per heavy atom. The molecular formula is C20H22N6O. The number of nitrogens with one attached hydrogen (secondary N) is 1. The minimum Gasteiger partial charge on any atom is -0.318 e. The molecule has 2 unspecified atom stereocenters. The highest BCUT2D eigenvalue weighted by atomic mass is 16.2. The molecule has 1 N–H and O–H groups in total. The molecule has 3 aromatic rings. The summed E-state index contributed by atoms with van der Waals surface area (Å²) in [5, 5.41) is 7.53. The minimum atomic E-state index is -0.0489. The molecule has 2 bridgehead atoms. The number of hydrogen-bond acceptors (Lipinski definition) is 4. The Kier molecular flexibility index (Phi) is 3.63. The van der Waals surface area contributed by atoms with E-state index in [1.165, 1.54) is 0 Å². The zero-order valence-corrected chi connectivity index (χ0v) is 15.5. The van der Waals surface area contributed by atoms with Crippen molar-refractivity contribution in [2.75, 3.05) is 5.32 Å². The number of urea groups is 1. The lowest BCUT2D eigenvalue weighted by Gasteiger charge is -2.54. The number of anilines is 1. The second-order valence-electron chi connectivity index (χ2n) is 7.80. The Morgan fingerprint density at radius 1 is 1.19 bits per heavy atom. The monoisotopic (exact) mass is 362 g/mol. The Labute approximate surface area is 157 Å². The molecule has 0 saturated carbocycles. The van der Waals surface area contributed by atoms with Crippen LogP contribution in [0.5, 0.6) is 0 Å². The molecule has 3 atom stereocenters. The van der Waals surface area contributed by atoms with Gasteiger partial charge in [0.2, 0.25) is 0 Å². The van der Waals surface area contributed by atoms with Crippen LogP contribution in [0.3, 0.4) is 0 Å². The van der Waals surface area contributed by atoms with Gasteiger partial charge in [0.15, 0.2) is 5.82 Å². The summed E-state index contributed by atoms with van der Waals surface area (Å²) in [6, 6.07) is 6.46. The maximum Gasteiger partial charge on any atom is 0.323 e. The quantitative estimate of drug-likeness (QED) is 0.757. The van der Waals surface area contributed by atoms with Gasteiger partial charge in [-0.1, -0.05) is 6.92 Å². The third-order valence-electron chi connectivity index (χ3n) is 5.77. The van der Waals surface area contributed by atoms with Crippen molar-refractivity contribution in [1.82, 2.24) is 24.5 Å². The van der Waals surface area contributed by atoms with Gasteiger partial charge in [-0.2, -0.15) is 0 Å². The van der Waals surface area contributed by atoms with E-state index in [0.29, 0.717) is 29.6 Å². The maximum absolute atomic E-state index is 12.7. The average Bonchev–Trinajstić information content (AvgIpc) is 3.10. The molecule has 138 valence electrons. The molecule has 27 heavy (non-hydrogen) atoms. The van der Waals surface area contributed by atoms with E-state index >= 15 is 0 Å². The van der Waals surface area contributed by atoms with Gasteiger partial charge in [-0.05, 0) is 55.9 Å². The summed E-state index contributed by atoms with van der Waals surface area (Å²) in [6.45, 7) is 4.24. The number of fused-ring (bicyclic) bond motifs is 3. The lowest BCUT2D eigenvalue weighted by atomic mass is 9.74. The van der Waals surface area contributed by atoms with Crippen LogP contribution in [0.2, 0.25) is 0 Å². The SMILES string of the molecule is Cc1cnc(NC(=O)N2C3CC(C)C[C@H]2C3)cc1-c1ncc2cccn2n1. The van der Waals surface area contributed by atoms with E-state index < -0.39 is 0 Å². The van der Waals surface area contributed by atoms with Crippen LogP contribution < -0.4 is 5.32 Å². The molecule has 5 rings (SSSR count). The van der Waals surface area contributed by atoms with E-state index in [4.69, 9.17) is 0 Å². The van der Waals surface area contributed by atoms with E-state index in [0.717, 1.165) is 35.9 Å². The summed E-state index contributed by atoms with van der Waals surface area (Å²) in [7, 11) is 0. The van der Waals surface area contributed by atoms with Crippen LogP contribution in [0.15, 0.2) is 36.8 Å². The standard InChI is InChI=1S/C20H22N6O/c1-12-6-15-8-16(7-12)26(15)20(27)23-18-9-17(13(2)10-21-18)19-22-11-14-4-3-5-25(14)24-19/h3-5,9-12,15-16H,6-8H2,1-2H3,(H,21,23,27)/t12?,15-,16?/m0/s1. The molecule has 2 fully saturated rings. The van der Waals surface area contributed by atoms with Crippen LogP contribution in [0.1, 0.15) is 31.7 Å². The molecule has 3 aromatic heterocycles. The van der Waals surface area contributed by atoms with Gasteiger partial charge in [0.1, 0.15) is 5.82 Å². The van der Waals surface area contributed by atoms with Crippen molar-refractivity contribution in [2.24, 2.45) is 5.92 Å². The first-order chi connectivity index (χ1) is 13.1. The lowest BCUT2D eigenvalue weighted by Crippen LogP contribution is -2.63. The third kappa shape index (κ3) is 2.74. The van der Waals surface area contributed by atoms with Crippen molar-refractivity contribution >= 4 is 17.4 Å². The number of nitrogens with zero attached hydrogens (tertiary/aromatic N) is 5. The summed E-state index contributed by atoms with van der Waals surface area (Å²) >= 11 is 0. The molecule has 0 spiro atoms. The molecule has 0 radical (unpaired) electrons. The molecular weight excluding hydrogens is 340 g/mol. The number of hydrogen-bond donors (Lipinski definition) is 1. The fraction of sp³-hybridized carbons (Fsp3) is 0.400. The van der Waals surface area contributed by atoms with Gasteiger partial charge in [-0.15, -0.1) is 5.10 Å². The molecule has 0 aromatic carbocycles. The van der Waals surface area contributed by atoms with E-state index in [1.54, 1.807) is 16.9 Å². The van der Waals surface area contributed by atoms with Crippen LogP contribution in [0, 0.1) is 12.8 Å². The van der Waals surface area contributed by atoms with Gasteiger partial charge in [0.25, 0.3) is 0 Å². The topological polar surface area (TPSA) is 75.4 Å². The number of carbonyl (C=O) groups is 1. The predicted molar refractivity (Wildman–Crippen MR) is 102 cm³/mol. The van der Waals surface area contributed by atoms with E-state index in [1.807, 2.05) is 36.2 Å². The van der Waals surface area contributed by atoms with Gasteiger partial charge in [-0.25, -0.2) is 19.3 Å². The van der Waals surface area contributed by atoms with Gasteiger partial charge in [-0.3, -0.25) is 5.32 Å². The van der Waals surface area contributed by atoms with E-state index in [9.17, 15) is 4.79 Å². The predicted octanol–water partition coefficient (Wildman–Crippen LogP) is 3.50. The van der Waals surface area contributed by atoms with Crippen molar-refractivity contribution in [3.05, 3.63) is 42.4 Å². The number of rotatable bonds is 2. The number of aromatic nitrogens is 4. The average molecular weight is 362 g/mol. The third-order valence-corrected chi connectivity index (χ3v) is 5.77. The zero-order chi connectivity index (χ0) is 18.5. The highest BCUT2D eigenvalue weighted by Gasteiger charge is 2.46. The first-order valence-electron chi connectivity index (χ1n) is 9.45. The van der Waals surface area contributed by atoms with Crippen molar-refractivity contribution in [3.8, 4) is 11.4 Å². The molecule has 7 heteroatoms. The normalized spacial score (nSPS) is 23.9. The van der Waals surface area contributed by atoms with Crippen molar-refractivity contribution in [3.63, 3.8) is 0 Å². The summed E-state index contributed by atoms with van der Waals surface area (Å²) < 4.78 is 1.79. The largest absolute Gasteiger partial charge is 0.323 e. The zero-order valence-electron chi connectivity index (χ0n) is 15.5. The molecule has 7 nitrogen and oxygen atoms in total. The Balaban J connectivity index is 1.39. The minimum absolute atomic E-state index is 0.0489.